The number of nitrogens with one attached hydrogen (secondary N) is 3. The summed E-state index contributed by atoms with van der Waals surface area (Å²) in [7, 11) is 0. The lowest BCUT2D eigenvalue weighted by Crippen LogP contribution is -2.18. The van der Waals surface area contributed by atoms with Gasteiger partial charge in [0.25, 0.3) is 5.56 Å². The van der Waals surface area contributed by atoms with Crippen LogP contribution in [-0.4, -0.2) is 33.0 Å². The van der Waals surface area contributed by atoms with Gasteiger partial charge in [-0.05, 0) is 37.1 Å². The molecule has 3 rings (SSSR count). The Labute approximate surface area is 162 Å². The summed E-state index contributed by atoms with van der Waals surface area (Å²) in [6, 6.07) is 9.41. The minimum atomic E-state index is -0.155. The van der Waals surface area contributed by atoms with Crippen LogP contribution in [0.1, 0.15) is 28.8 Å². The Morgan fingerprint density at radius 1 is 1.04 bits per heavy atom. The van der Waals surface area contributed by atoms with Crippen LogP contribution in [0.15, 0.2) is 47.7 Å². The molecule has 0 radical (unpaired) electrons. The van der Waals surface area contributed by atoms with Crippen LogP contribution in [0.5, 0.6) is 0 Å². The lowest BCUT2D eigenvalue weighted by molar-refractivity contribution is 0.884. The zero-order valence-corrected chi connectivity index (χ0v) is 15.6. The Morgan fingerprint density at radius 2 is 1.89 bits per heavy atom. The van der Waals surface area contributed by atoms with Gasteiger partial charge in [-0.3, -0.25) is 14.8 Å². The predicted molar refractivity (Wildman–Crippen MR) is 107 cm³/mol. The molecule has 0 unspecified atom stereocenters. The molecular formula is C20H21N7O. The monoisotopic (exact) mass is 375 g/mol. The summed E-state index contributed by atoms with van der Waals surface area (Å²) in [5.74, 6) is 1.17. The number of nitrogens with zero attached hydrogens (tertiary/aromatic N) is 4. The lowest BCUT2D eigenvalue weighted by Gasteiger charge is -2.08. The highest BCUT2D eigenvalue weighted by atomic mass is 16.1. The molecule has 0 bridgehead atoms. The van der Waals surface area contributed by atoms with Gasteiger partial charge in [-0.25, -0.2) is 9.97 Å². The van der Waals surface area contributed by atoms with Gasteiger partial charge in [0.1, 0.15) is 11.9 Å². The number of pyridine rings is 2. The molecule has 0 amide bonds. The van der Waals surface area contributed by atoms with E-state index < -0.39 is 0 Å². The van der Waals surface area contributed by atoms with E-state index in [-0.39, 0.29) is 5.56 Å². The Kier molecular flexibility index (Phi) is 6.31. The van der Waals surface area contributed by atoms with Crippen molar-refractivity contribution < 1.29 is 0 Å². The first kappa shape index (κ1) is 19.0. The number of aromatic amines is 1. The smallest absolute Gasteiger partial charge is 0.255 e. The Bertz CT molecular complexity index is 1000. The quantitative estimate of drug-likeness (QED) is 0.517. The maximum atomic E-state index is 12.2. The SMILES string of the molecule is Cc1ccc(Cc2cnc(NCCCNc3ccc(C#N)cn3)[nH]c2=O)cn1. The number of aromatic nitrogens is 4. The topological polar surface area (TPSA) is 119 Å². The zero-order valence-electron chi connectivity index (χ0n) is 15.6. The summed E-state index contributed by atoms with van der Waals surface area (Å²) in [6.45, 7) is 3.27. The van der Waals surface area contributed by atoms with Crippen molar-refractivity contribution in [2.45, 2.75) is 19.8 Å². The average Bonchev–Trinajstić information content (AvgIpc) is 2.72. The molecule has 0 saturated carbocycles. The van der Waals surface area contributed by atoms with Crippen LogP contribution in [-0.2, 0) is 6.42 Å². The van der Waals surface area contributed by atoms with E-state index in [1.165, 1.54) is 6.20 Å². The van der Waals surface area contributed by atoms with Gasteiger partial charge in [-0.2, -0.15) is 5.26 Å². The molecule has 28 heavy (non-hydrogen) atoms. The van der Waals surface area contributed by atoms with Crippen molar-refractivity contribution in [1.82, 2.24) is 19.9 Å². The highest BCUT2D eigenvalue weighted by molar-refractivity contribution is 5.38. The minimum Gasteiger partial charge on any atom is -0.370 e. The summed E-state index contributed by atoms with van der Waals surface area (Å²) < 4.78 is 0. The van der Waals surface area contributed by atoms with Crippen molar-refractivity contribution in [3.8, 4) is 6.07 Å². The van der Waals surface area contributed by atoms with Crippen molar-refractivity contribution in [3.63, 3.8) is 0 Å². The highest BCUT2D eigenvalue weighted by Crippen LogP contribution is 2.06. The Morgan fingerprint density at radius 3 is 2.57 bits per heavy atom. The van der Waals surface area contributed by atoms with Gasteiger partial charge in [0.15, 0.2) is 0 Å². The molecule has 8 heteroatoms. The molecule has 0 aliphatic rings. The first-order valence-corrected chi connectivity index (χ1v) is 8.97. The van der Waals surface area contributed by atoms with Crippen LogP contribution < -0.4 is 16.2 Å². The molecule has 0 aliphatic carbocycles. The number of nitriles is 1. The molecule has 0 atom stereocenters. The number of anilines is 2. The van der Waals surface area contributed by atoms with Crippen LogP contribution in [0.3, 0.4) is 0 Å². The van der Waals surface area contributed by atoms with Gasteiger partial charge in [0.2, 0.25) is 5.95 Å². The van der Waals surface area contributed by atoms with Crippen molar-refractivity contribution in [3.05, 3.63) is 75.6 Å². The van der Waals surface area contributed by atoms with E-state index in [9.17, 15) is 4.79 Å². The largest absolute Gasteiger partial charge is 0.370 e. The zero-order chi connectivity index (χ0) is 19.8. The van der Waals surface area contributed by atoms with Gasteiger partial charge >= 0.3 is 0 Å². The van der Waals surface area contributed by atoms with Gasteiger partial charge in [0.05, 0.1) is 5.56 Å². The molecule has 3 heterocycles. The summed E-state index contributed by atoms with van der Waals surface area (Å²) in [5.41, 5.74) is 2.90. The molecule has 0 aliphatic heterocycles. The molecule has 0 fully saturated rings. The fraction of sp³-hybridized carbons (Fsp3) is 0.250. The first-order chi connectivity index (χ1) is 13.6. The van der Waals surface area contributed by atoms with Crippen LogP contribution in [0.4, 0.5) is 11.8 Å². The van der Waals surface area contributed by atoms with Gasteiger partial charge in [-0.1, -0.05) is 6.07 Å². The molecule has 3 aromatic rings. The Hall–Kier alpha value is -3.73. The van der Waals surface area contributed by atoms with E-state index in [2.05, 4.69) is 30.6 Å². The molecule has 3 aromatic heterocycles. The highest BCUT2D eigenvalue weighted by Gasteiger charge is 2.04. The fourth-order valence-electron chi connectivity index (χ4n) is 2.54. The first-order valence-electron chi connectivity index (χ1n) is 8.97. The second-order valence-electron chi connectivity index (χ2n) is 6.32. The maximum absolute atomic E-state index is 12.2. The van der Waals surface area contributed by atoms with Gasteiger partial charge in [0, 0.05) is 49.4 Å². The van der Waals surface area contributed by atoms with Crippen LogP contribution in [0.25, 0.3) is 0 Å². The second kappa shape index (κ2) is 9.28. The van der Waals surface area contributed by atoms with Crippen LogP contribution >= 0.6 is 0 Å². The second-order valence-corrected chi connectivity index (χ2v) is 6.32. The summed E-state index contributed by atoms with van der Waals surface area (Å²) in [4.78, 5) is 27.7. The molecule has 142 valence electrons. The van der Waals surface area contributed by atoms with E-state index in [0.29, 0.717) is 36.6 Å². The standard InChI is InChI=1S/C20H21N7O/c1-14-3-4-15(11-24-14)9-17-13-26-20(27-19(17)28)23-8-2-7-22-18-6-5-16(10-21)12-25-18/h3-6,11-13H,2,7-9H2,1H3,(H,22,25)(H2,23,26,27,28). The minimum absolute atomic E-state index is 0.155. The summed E-state index contributed by atoms with van der Waals surface area (Å²) in [6.07, 6.45) is 6.21. The third-order valence-corrected chi connectivity index (χ3v) is 4.08. The molecule has 0 aromatic carbocycles. The van der Waals surface area contributed by atoms with Crippen molar-refractivity contribution in [2.24, 2.45) is 0 Å². The third kappa shape index (κ3) is 5.38. The Balaban J connectivity index is 1.44. The molecule has 0 saturated heterocycles. The van der Waals surface area contributed by atoms with Crippen molar-refractivity contribution >= 4 is 11.8 Å². The summed E-state index contributed by atoms with van der Waals surface area (Å²) >= 11 is 0. The predicted octanol–water partition coefficient (Wildman–Crippen LogP) is 2.24. The number of hydrogen-bond donors (Lipinski definition) is 3. The van der Waals surface area contributed by atoms with E-state index in [0.717, 1.165) is 23.5 Å². The van der Waals surface area contributed by atoms with Gasteiger partial charge < -0.3 is 10.6 Å². The molecule has 0 spiro atoms. The average molecular weight is 375 g/mol. The molecule has 3 N–H and O–H groups in total. The number of H-pyrrole nitrogens is 1. The number of aryl methyl sites for hydroxylation is 1. The fourth-order valence-corrected chi connectivity index (χ4v) is 2.54. The van der Waals surface area contributed by atoms with Crippen molar-refractivity contribution in [1.29, 1.82) is 5.26 Å². The van der Waals surface area contributed by atoms with Gasteiger partial charge in [-0.15, -0.1) is 0 Å². The number of hydrogen-bond acceptors (Lipinski definition) is 7. The van der Waals surface area contributed by atoms with Crippen LogP contribution in [0.2, 0.25) is 0 Å². The molecule has 8 nitrogen and oxygen atoms in total. The normalized spacial score (nSPS) is 10.3. The molecular weight excluding hydrogens is 354 g/mol. The summed E-state index contributed by atoms with van der Waals surface area (Å²) in [5, 5.41) is 15.0. The van der Waals surface area contributed by atoms with E-state index >= 15 is 0 Å². The number of rotatable bonds is 8. The van der Waals surface area contributed by atoms with E-state index in [1.54, 1.807) is 24.5 Å². The third-order valence-electron chi connectivity index (χ3n) is 4.08. The van der Waals surface area contributed by atoms with E-state index in [4.69, 9.17) is 5.26 Å². The maximum Gasteiger partial charge on any atom is 0.255 e. The van der Waals surface area contributed by atoms with Crippen LogP contribution in [0, 0.1) is 18.3 Å². The van der Waals surface area contributed by atoms with Crippen molar-refractivity contribution in [2.75, 3.05) is 23.7 Å². The lowest BCUT2D eigenvalue weighted by atomic mass is 10.1. The van der Waals surface area contributed by atoms with E-state index in [1.807, 2.05) is 25.1 Å².